The van der Waals surface area contributed by atoms with Crippen molar-refractivity contribution in [2.24, 2.45) is 23.7 Å². The van der Waals surface area contributed by atoms with Gasteiger partial charge in [0, 0.05) is 135 Å². The van der Waals surface area contributed by atoms with Crippen LogP contribution in [0.1, 0.15) is 171 Å². The van der Waals surface area contributed by atoms with Crippen molar-refractivity contribution >= 4 is 163 Å². The third-order valence-corrected chi connectivity index (χ3v) is 26.0. The van der Waals surface area contributed by atoms with Gasteiger partial charge < -0.3 is 40.2 Å². The van der Waals surface area contributed by atoms with Crippen LogP contribution in [-0.2, 0) is 79.5 Å². The standard InChI is InChI=1S/4C23H24Cl2N2O3/c4*1-30-21(28)10-9-18(15-3-2-4-16(24)11-15)23(26-13-14-5-6-14)19-8-7-17(25)12-20(19)27-22(23)29/h4*2-4,7-8,11-12,14,18,26H,5-6,9-10,13H2,1H3,(H,27,29)/t4*18?,23-/m1100/s1. The zero-order valence-corrected chi connectivity index (χ0v) is 72.9. The Morgan fingerprint density at radius 1 is 0.308 bits per heavy atom. The Labute approximate surface area is 738 Å². The smallest absolute Gasteiger partial charge is 0.305 e. The molecule has 4 saturated carbocycles. The molecule has 20 nitrogen and oxygen atoms in total. The van der Waals surface area contributed by atoms with Crippen LogP contribution in [0.4, 0.5) is 22.7 Å². The molecule has 4 heterocycles. The number of halogens is 8. The number of carbonyl (C=O) groups is 8. The van der Waals surface area contributed by atoms with Crippen molar-refractivity contribution in [3.05, 3.63) is 255 Å². The molecule has 0 bridgehead atoms. The monoisotopic (exact) mass is 1780 g/mol. The maximum absolute atomic E-state index is 13.5. The fourth-order valence-electron chi connectivity index (χ4n) is 17.2. The molecular weight excluding hydrogens is 1690 g/mol. The molecule has 120 heavy (non-hydrogen) atoms. The van der Waals surface area contributed by atoms with Gasteiger partial charge in [-0.1, -0.05) is 166 Å². The summed E-state index contributed by atoms with van der Waals surface area (Å²) >= 11 is 49.9. The number of hydrogen-bond acceptors (Lipinski definition) is 16. The molecule has 4 unspecified atom stereocenters. The molecule has 8 N–H and O–H groups in total. The van der Waals surface area contributed by atoms with Crippen LogP contribution in [0, 0.1) is 23.7 Å². The highest BCUT2D eigenvalue weighted by Crippen LogP contribution is 2.55. The highest BCUT2D eigenvalue weighted by molar-refractivity contribution is 6.33. The zero-order valence-electron chi connectivity index (χ0n) is 66.8. The second kappa shape index (κ2) is 39.5. The van der Waals surface area contributed by atoms with E-state index >= 15 is 0 Å². The number of ether oxygens (including phenoxy) is 4. The van der Waals surface area contributed by atoms with Gasteiger partial charge in [-0.05, 0) is 246 Å². The van der Waals surface area contributed by atoms with Crippen molar-refractivity contribution in [3.63, 3.8) is 0 Å². The van der Waals surface area contributed by atoms with Crippen molar-refractivity contribution in [2.45, 2.75) is 149 Å². The molecule has 8 aromatic carbocycles. The number of anilines is 4. The van der Waals surface area contributed by atoms with E-state index in [4.69, 9.17) is 112 Å². The Morgan fingerprint density at radius 3 is 0.675 bits per heavy atom. The summed E-state index contributed by atoms with van der Waals surface area (Å²) in [6.45, 7) is 2.91. The molecule has 4 fully saturated rings. The number of methoxy groups -OCH3 is 4. The molecule has 28 heteroatoms. The highest BCUT2D eigenvalue weighted by atomic mass is 35.5. The minimum atomic E-state index is -1.03. The van der Waals surface area contributed by atoms with Crippen molar-refractivity contribution in [1.82, 2.24) is 21.3 Å². The minimum absolute atomic E-state index is 0.143. The molecular formula is C92H96Cl8N8O12. The van der Waals surface area contributed by atoms with E-state index in [0.717, 1.165) is 122 Å². The number of hydrogen-bond donors (Lipinski definition) is 8. The van der Waals surface area contributed by atoms with Gasteiger partial charge >= 0.3 is 23.9 Å². The lowest BCUT2D eigenvalue weighted by molar-refractivity contribution is -0.142. The summed E-state index contributed by atoms with van der Waals surface area (Å²) in [5.74, 6) is -0.861. The van der Waals surface area contributed by atoms with Gasteiger partial charge in [0.05, 0.1) is 28.4 Å². The van der Waals surface area contributed by atoms with Gasteiger partial charge in [0.2, 0.25) is 23.6 Å². The highest BCUT2D eigenvalue weighted by Gasteiger charge is 2.58. The summed E-state index contributed by atoms with van der Waals surface area (Å²) in [7, 11) is 5.49. The average molecular weight is 1790 g/mol. The number of nitrogens with one attached hydrogen (secondary N) is 8. The lowest BCUT2D eigenvalue weighted by Gasteiger charge is -2.37. The van der Waals surface area contributed by atoms with E-state index in [1.165, 1.54) is 28.4 Å². The summed E-state index contributed by atoms with van der Waals surface area (Å²) in [6.07, 6.45) is 11.7. The van der Waals surface area contributed by atoms with Crippen molar-refractivity contribution < 1.29 is 57.3 Å². The van der Waals surface area contributed by atoms with Gasteiger partial charge in [-0.25, -0.2) is 0 Å². The van der Waals surface area contributed by atoms with Gasteiger partial charge in [-0.15, -0.1) is 0 Å². The molecule has 0 saturated heterocycles. The van der Waals surface area contributed by atoms with Crippen molar-refractivity contribution in [3.8, 4) is 0 Å². The van der Waals surface area contributed by atoms with E-state index in [0.29, 0.717) is 112 Å². The molecule has 8 atom stereocenters. The van der Waals surface area contributed by atoms with Gasteiger partial charge in [-0.2, -0.15) is 0 Å². The van der Waals surface area contributed by atoms with E-state index in [9.17, 15) is 38.4 Å². The summed E-state index contributed by atoms with van der Waals surface area (Å²) < 4.78 is 19.5. The topological polar surface area (TPSA) is 270 Å². The van der Waals surface area contributed by atoms with E-state index in [1.807, 2.05) is 97.1 Å². The molecule has 4 amide bonds. The molecule has 0 aromatic heterocycles. The Morgan fingerprint density at radius 2 is 0.500 bits per heavy atom. The van der Waals surface area contributed by atoms with E-state index in [2.05, 4.69) is 42.5 Å². The number of benzene rings is 8. The molecule has 0 spiro atoms. The molecule has 8 aromatic rings. The lowest BCUT2D eigenvalue weighted by Crippen LogP contribution is -2.53. The van der Waals surface area contributed by atoms with Crippen molar-refractivity contribution in [2.75, 3.05) is 75.9 Å². The number of esters is 4. The largest absolute Gasteiger partial charge is 0.469 e. The Balaban J connectivity index is 0.000000138. The summed E-state index contributed by atoms with van der Waals surface area (Å²) in [4.78, 5) is 102. The molecule has 0 radical (unpaired) electrons. The van der Waals surface area contributed by atoms with Crippen LogP contribution in [0.3, 0.4) is 0 Å². The number of fused-ring (bicyclic) bond motifs is 4. The molecule has 8 aliphatic rings. The lowest BCUT2D eigenvalue weighted by atomic mass is 9.72. The first-order chi connectivity index (χ1) is 57.7. The molecule has 16 rings (SSSR count). The number of carbonyl (C=O) groups excluding carboxylic acids is 8. The Hall–Kier alpha value is -8.32. The van der Waals surface area contributed by atoms with Crippen LogP contribution in [0.2, 0.25) is 40.2 Å². The number of amides is 4. The molecule has 632 valence electrons. The maximum Gasteiger partial charge on any atom is 0.305 e. The molecule has 4 aliphatic heterocycles. The van der Waals surface area contributed by atoms with Gasteiger partial charge in [-0.3, -0.25) is 59.6 Å². The van der Waals surface area contributed by atoms with Crippen LogP contribution < -0.4 is 42.5 Å². The second-order valence-electron chi connectivity index (χ2n) is 32.0. The van der Waals surface area contributed by atoms with Crippen LogP contribution in [-0.4, -0.2) is 102 Å². The third kappa shape index (κ3) is 20.5. The average Bonchev–Trinajstić information content (AvgIpc) is 1.59. The first-order valence-corrected chi connectivity index (χ1v) is 43.5. The first-order valence-electron chi connectivity index (χ1n) is 40.5. The van der Waals surface area contributed by atoms with Crippen LogP contribution >= 0.6 is 92.8 Å². The Bertz CT molecular complexity index is 4530. The molecule has 4 aliphatic carbocycles. The van der Waals surface area contributed by atoms with Crippen LogP contribution in [0.15, 0.2) is 170 Å². The normalized spacial score (nSPS) is 21.1. The summed E-state index contributed by atoms with van der Waals surface area (Å²) in [6, 6.07) is 51.8. The van der Waals surface area contributed by atoms with Crippen molar-refractivity contribution in [1.29, 1.82) is 0 Å². The van der Waals surface area contributed by atoms with E-state index < -0.39 is 22.2 Å². The van der Waals surface area contributed by atoms with Gasteiger partial charge in [0.25, 0.3) is 0 Å². The SMILES string of the molecule is COC(=O)CCC(c1cccc(Cl)c1)[C@@]1(NCC2CC2)C(=O)Nc2cc(Cl)ccc21.COC(=O)CCC(c1cccc(Cl)c1)[C@@]1(NCC2CC2)C(=O)Nc2cc(Cl)ccc21.COC(=O)CCC(c1cccc(Cl)c1)[C@]1(NCC2CC2)C(=O)Nc2cc(Cl)ccc21.COC(=O)CCC(c1cccc(Cl)c1)[C@]1(NCC2CC2)C(=O)Nc2cc(Cl)ccc21. The van der Waals surface area contributed by atoms with E-state index in [1.54, 1.807) is 72.8 Å². The quantitative estimate of drug-likeness (QED) is 0.0144. The van der Waals surface area contributed by atoms with Crippen LogP contribution in [0.5, 0.6) is 0 Å². The van der Waals surface area contributed by atoms with E-state index in [-0.39, 0.29) is 96.9 Å². The predicted molar refractivity (Wildman–Crippen MR) is 472 cm³/mol. The second-order valence-corrected chi connectivity index (χ2v) is 35.5. The summed E-state index contributed by atoms with van der Waals surface area (Å²) in [5, 5.41) is 31.0. The van der Waals surface area contributed by atoms with Gasteiger partial charge in [0.1, 0.15) is 22.2 Å². The number of rotatable bonds is 32. The first kappa shape index (κ1) is 89.4. The van der Waals surface area contributed by atoms with Crippen LogP contribution in [0.25, 0.3) is 0 Å². The Kier molecular flexibility index (Phi) is 29.4. The summed E-state index contributed by atoms with van der Waals surface area (Å²) in [5.41, 5.74) is 5.62. The fourth-order valence-corrected chi connectivity index (χ4v) is 18.7. The maximum atomic E-state index is 13.5. The predicted octanol–water partition coefficient (Wildman–Crippen LogP) is 19.5. The third-order valence-electron chi connectivity index (χ3n) is 24.1. The fraction of sp³-hybridized carbons (Fsp3) is 0.391. The minimum Gasteiger partial charge on any atom is -0.469 e. The zero-order chi connectivity index (χ0) is 85.2. The van der Waals surface area contributed by atoms with Gasteiger partial charge in [0.15, 0.2) is 0 Å².